The summed E-state index contributed by atoms with van der Waals surface area (Å²) < 4.78 is 5.27. The number of nitrogens with one attached hydrogen (secondary N) is 1. The maximum atomic E-state index is 12.7. The molecule has 7 heteroatoms. The normalized spacial score (nSPS) is 17.2. The van der Waals surface area contributed by atoms with Gasteiger partial charge in [-0.2, -0.15) is 0 Å². The zero-order valence-corrected chi connectivity index (χ0v) is 17.0. The Balaban J connectivity index is 2.06. The van der Waals surface area contributed by atoms with Gasteiger partial charge in [-0.1, -0.05) is 19.4 Å². The molecule has 1 unspecified atom stereocenters. The summed E-state index contributed by atoms with van der Waals surface area (Å²) in [6.45, 7) is 5.91. The van der Waals surface area contributed by atoms with E-state index in [-0.39, 0.29) is 24.6 Å². The molecule has 0 saturated carbocycles. The highest BCUT2D eigenvalue weighted by Gasteiger charge is 2.34. The number of aliphatic hydroxyl groups is 1. The number of aromatic nitrogens is 1. The molecule has 0 spiro atoms. The van der Waals surface area contributed by atoms with Crippen LogP contribution in [0.3, 0.4) is 0 Å². The molecule has 1 aliphatic rings. The first-order valence-corrected chi connectivity index (χ1v) is 9.88. The van der Waals surface area contributed by atoms with E-state index in [0.29, 0.717) is 23.6 Å². The second-order valence-electron chi connectivity index (χ2n) is 7.44. The monoisotopic (exact) mass is 397 g/mol. The second kappa shape index (κ2) is 9.05. The van der Waals surface area contributed by atoms with E-state index < -0.39 is 6.09 Å². The van der Waals surface area contributed by atoms with Gasteiger partial charge in [0.1, 0.15) is 6.61 Å². The van der Waals surface area contributed by atoms with Crippen LogP contribution in [0.25, 0.3) is 11.3 Å². The SMILES string of the molecule is CCC[C@@H]1COC(=O)N1c1cc(C(=O)NC(C)CO)cc(-c2ccc(C)cn2)c1. The van der Waals surface area contributed by atoms with E-state index in [1.54, 1.807) is 30.2 Å². The highest BCUT2D eigenvalue weighted by Crippen LogP contribution is 2.31. The van der Waals surface area contributed by atoms with Gasteiger partial charge in [0, 0.05) is 29.1 Å². The van der Waals surface area contributed by atoms with Gasteiger partial charge < -0.3 is 15.2 Å². The number of aryl methyl sites for hydroxylation is 1. The van der Waals surface area contributed by atoms with Gasteiger partial charge in [0.15, 0.2) is 0 Å². The Morgan fingerprint density at radius 3 is 2.83 bits per heavy atom. The first-order chi connectivity index (χ1) is 13.9. The van der Waals surface area contributed by atoms with Crippen molar-refractivity contribution in [3.8, 4) is 11.3 Å². The Bertz CT molecular complexity index is 882. The number of hydrogen-bond acceptors (Lipinski definition) is 5. The number of carbonyl (C=O) groups excluding carboxylic acids is 2. The minimum atomic E-state index is -0.410. The van der Waals surface area contributed by atoms with Gasteiger partial charge >= 0.3 is 6.09 Å². The van der Waals surface area contributed by atoms with Crippen molar-refractivity contribution in [2.75, 3.05) is 18.1 Å². The quantitative estimate of drug-likeness (QED) is 0.748. The number of anilines is 1. The Kier molecular flexibility index (Phi) is 6.49. The van der Waals surface area contributed by atoms with E-state index in [9.17, 15) is 14.7 Å². The maximum absolute atomic E-state index is 12.7. The van der Waals surface area contributed by atoms with Gasteiger partial charge in [-0.25, -0.2) is 4.79 Å². The third-order valence-corrected chi connectivity index (χ3v) is 4.90. The van der Waals surface area contributed by atoms with Crippen molar-refractivity contribution in [1.29, 1.82) is 0 Å². The third kappa shape index (κ3) is 4.74. The van der Waals surface area contributed by atoms with E-state index in [1.807, 2.05) is 25.1 Å². The molecule has 1 aromatic carbocycles. The summed E-state index contributed by atoms with van der Waals surface area (Å²) in [5.74, 6) is -0.318. The van der Waals surface area contributed by atoms with Crippen molar-refractivity contribution in [3.05, 3.63) is 47.7 Å². The van der Waals surface area contributed by atoms with Gasteiger partial charge in [-0.3, -0.25) is 14.7 Å². The van der Waals surface area contributed by atoms with E-state index >= 15 is 0 Å². The topological polar surface area (TPSA) is 91.8 Å². The van der Waals surface area contributed by atoms with Gasteiger partial charge in [0.25, 0.3) is 5.91 Å². The average molecular weight is 397 g/mol. The van der Waals surface area contributed by atoms with E-state index in [1.165, 1.54) is 0 Å². The molecular formula is C22H27N3O4. The highest BCUT2D eigenvalue weighted by atomic mass is 16.6. The largest absolute Gasteiger partial charge is 0.447 e. The molecule has 0 aliphatic carbocycles. The fourth-order valence-corrected chi connectivity index (χ4v) is 3.34. The molecule has 3 rings (SSSR count). The molecule has 2 amide bonds. The molecule has 154 valence electrons. The summed E-state index contributed by atoms with van der Waals surface area (Å²) in [5, 5.41) is 12.0. The summed E-state index contributed by atoms with van der Waals surface area (Å²) in [7, 11) is 0. The van der Waals surface area contributed by atoms with Crippen LogP contribution in [0.2, 0.25) is 0 Å². The van der Waals surface area contributed by atoms with Crippen molar-refractivity contribution in [3.63, 3.8) is 0 Å². The summed E-state index contributed by atoms with van der Waals surface area (Å²) in [6.07, 6.45) is 3.08. The van der Waals surface area contributed by atoms with Crippen LogP contribution >= 0.6 is 0 Å². The van der Waals surface area contributed by atoms with Crippen LogP contribution in [0.1, 0.15) is 42.6 Å². The molecule has 7 nitrogen and oxygen atoms in total. The van der Waals surface area contributed by atoms with Gasteiger partial charge in [0.05, 0.1) is 18.3 Å². The van der Waals surface area contributed by atoms with Crippen LogP contribution in [-0.4, -0.2) is 47.4 Å². The molecule has 0 radical (unpaired) electrons. The van der Waals surface area contributed by atoms with E-state index in [4.69, 9.17) is 4.74 Å². The lowest BCUT2D eigenvalue weighted by atomic mass is 10.0. The van der Waals surface area contributed by atoms with Crippen molar-refractivity contribution in [1.82, 2.24) is 10.3 Å². The van der Waals surface area contributed by atoms with Gasteiger partial charge in [0.2, 0.25) is 0 Å². The molecular weight excluding hydrogens is 370 g/mol. The predicted molar refractivity (Wildman–Crippen MR) is 111 cm³/mol. The molecule has 1 saturated heterocycles. The maximum Gasteiger partial charge on any atom is 0.414 e. The fourth-order valence-electron chi connectivity index (χ4n) is 3.34. The molecule has 29 heavy (non-hydrogen) atoms. The van der Waals surface area contributed by atoms with Gasteiger partial charge in [-0.05, 0) is 50.1 Å². The number of cyclic esters (lactones) is 1. The predicted octanol–water partition coefficient (Wildman–Crippen LogP) is 3.29. The van der Waals surface area contributed by atoms with Crippen LogP contribution < -0.4 is 10.2 Å². The first kappa shape index (κ1) is 20.8. The minimum Gasteiger partial charge on any atom is -0.447 e. The van der Waals surface area contributed by atoms with Gasteiger partial charge in [-0.15, -0.1) is 0 Å². The van der Waals surface area contributed by atoms with Crippen LogP contribution in [0.5, 0.6) is 0 Å². The Morgan fingerprint density at radius 1 is 1.38 bits per heavy atom. The summed E-state index contributed by atoms with van der Waals surface area (Å²) >= 11 is 0. The summed E-state index contributed by atoms with van der Waals surface area (Å²) in [4.78, 5) is 31.2. The second-order valence-corrected chi connectivity index (χ2v) is 7.44. The zero-order valence-electron chi connectivity index (χ0n) is 17.0. The lowest BCUT2D eigenvalue weighted by molar-refractivity contribution is 0.0922. The number of hydrogen-bond donors (Lipinski definition) is 2. The number of aliphatic hydroxyl groups excluding tert-OH is 1. The number of nitrogens with zero attached hydrogens (tertiary/aromatic N) is 2. The lowest BCUT2D eigenvalue weighted by Crippen LogP contribution is -2.36. The summed E-state index contributed by atoms with van der Waals surface area (Å²) in [6, 6.07) is 8.69. The Morgan fingerprint density at radius 2 is 2.17 bits per heavy atom. The number of carbonyl (C=O) groups is 2. The molecule has 2 N–H and O–H groups in total. The number of pyridine rings is 1. The molecule has 0 bridgehead atoms. The molecule has 1 aliphatic heterocycles. The minimum absolute atomic E-state index is 0.0685. The van der Waals surface area contributed by atoms with Crippen molar-refractivity contribution >= 4 is 17.7 Å². The van der Waals surface area contributed by atoms with Crippen molar-refractivity contribution in [2.45, 2.75) is 45.7 Å². The number of amides is 2. The lowest BCUT2D eigenvalue weighted by Gasteiger charge is -2.23. The number of rotatable bonds is 7. The number of ether oxygens (including phenoxy) is 1. The van der Waals surface area contributed by atoms with E-state index in [0.717, 1.165) is 24.0 Å². The van der Waals surface area contributed by atoms with E-state index in [2.05, 4.69) is 17.2 Å². The molecule has 2 aromatic rings. The fraction of sp³-hybridized carbons (Fsp3) is 0.409. The smallest absolute Gasteiger partial charge is 0.414 e. The number of benzene rings is 1. The van der Waals surface area contributed by atoms with Crippen LogP contribution in [0.4, 0.5) is 10.5 Å². The highest BCUT2D eigenvalue weighted by molar-refractivity contribution is 5.99. The molecule has 1 aromatic heterocycles. The van der Waals surface area contributed by atoms with Crippen LogP contribution in [0.15, 0.2) is 36.5 Å². The Hall–Kier alpha value is -2.93. The standard InChI is InChI=1S/C22H27N3O4/c1-4-5-18-13-29-22(28)25(18)19-9-16(20-7-6-14(2)11-23-20)8-17(10-19)21(27)24-15(3)12-26/h6-11,15,18,26H,4-5,12-13H2,1-3H3,(H,24,27)/t15?,18-/m1/s1. The molecule has 1 fully saturated rings. The van der Waals surface area contributed by atoms with Crippen LogP contribution in [-0.2, 0) is 4.74 Å². The molecule has 2 heterocycles. The van der Waals surface area contributed by atoms with Crippen LogP contribution in [0, 0.1) is 6.92 Å². The summed E-state index contributed by atoms with van der Waals surface area (Å²) in [5.41, 5.74) is 3.48. The molecule has 2 atom stereocenters. The third-order valence-electron chi connectivity index (χ3n) is 4.90. The average Bonchev–Trinajstić information content (AvgIpc) is 3.08. The Labute approximate surface area is 170 Å². The zero-order chi connectivity index (χ0) is 21.0. The van der Waals surface area contributed by atoms with Crippen molar-refractivity contribution in [2.24, 2.45) is 0 Å². The first-order valence-electron chi connectivity index (χ1n) is 9.88. The van der Waals surface area contributed by atoms with Crippen molar-refractivity contribution < 1.29 is 19.4 Å².